The molecule has 56 heavy (non-hydrogen) atoms. The number of benzene rings is 5. The van der Waals surface area contributed by atoms with Gasteiger partial charge in [0.15, 0.2) is 0 Å². The van der Waals surface area contributed by atoms with Gasteiger partial charge < -0.3 is 0 Å². The highest BCUT2D eigenvalue weighted by Crippen LogP contribution is 2.37. The van der Waals surface area contributed by atoms with Crippen LogP contribution in [0.5, 0.6) is 0 Å². The van der Waals surface area contributed by atoms with E-state index in [0.717, 1.165) is 41.3 Å². The van der Waals surface area contributed by atoms with E-state index in [2.05, 4.69) is 168 Å². The van der Waals surface area contributed by atoms with Gasteiger partial charge in [0.05, 0.1) is 11.4 Å². The Balaban J connectivity index is 0.976. The van der Waals surface area contributed by atoms with E-state index in [4.69, 9.17) is 9.97 Å². The maximum Gasteiger partial charge on any atom is 0.0708 e. The highest BCUT2D eigenvalue weighted by molar-refractivity contribution is 5.85. The number of aryl methyl sites for hydroxylation is 4. The molecule has 8 rings (SSSR count). The molecule has 0 atom stereocenters. The third kappa shape index (κ3) is 8.46. The summed E-state index contributed by atoms with van der Waals surface area (Å²) in [5.74, 6) is 0.721. The van der Waals surface area contributed by atoms with Crippen molar-refractivity contribution in [1.82, 2.24) is 9.97 Å². The first-order valence-electron chi connectivity index (χ1n) is 20.6. The van der Waals surface area contributed by atoms with E-state index in [1.54, 1.807) is 0 Å². The SMILES string of the molecule is Cc1cc(CCc2ccc(-c3ccc(C(C)(C)C)cn3)cc2)cc(-c2ccccc2-c2ccc(-c3cc(-c4ccc(C5CCCCC5)cc4)c(C)cn3)cc2)c1. The van der Waals surface area contributed by atoms with Crippen molar-refractivity contribution in [2.75, 3.05) is 0 Å². The van der Waals surface area contributed by atoms with Crippen LogP contribution in [0.4, 0.5) is 0 Å². The molecule has 1 aliphatic carbocycles. The van der Waals surface area contributed by atoms with Gasteiger partial charge in [0, 0.05) is 23.5 Å². The van der Waals surface area contributed by atoms with E-state index in [9.17, 15) is 0 Å². The lowest BCUT2D eigenvalue weighted by atomic mass is 9.83. The first kappa shape index (κ1) is 37.3. The third-order valence-electron chi connectivity index (χ3n) is 11.8. The van der Waals surface area contributed by atoms with Crippen LogP contribution in [0.2, 0.25) is 0 Å². The zero-order valence-electron chi connectivity index (χ0n) is 33.8. The fraction of sp³-hybridized carbons (Fsp3) is 0.259. The van der Waals surface area contributed by atoms with Crippen LogP contribution in [-0.4, -0.2) is 9.97 Å². The smallest absolute Gasteiger partial charge is 0.0708 e. The maximum atomic E-state index is 4.88. The van der Waals surface area contributed by atoms with E-state index >= 15 is 0 Å². The van der Waals surface area contributed by atoms with Crippen molar-refractivity contribution < 1.29 is 0 Å². The van der Waals surface area contributed by atoms with Gasteiger partial charge in [-0.3, -0.25) is 9.97 Å². The Hall–Kier alpha value is -5.60. The van der Waals surface area contributed by atoms with Gasteiger partial charge in [-0.2, -0.15) is 0 Å². The van der Waals surface area contributed by atoms with Crippen molar-refractivity contribution >= 4 is 0 Å². The Morgan fingerprint density at radius 1 is 0.500 bits per heavy atom. The fourth-order valence-electron chi connectivity index (χ4n) is 8.47. The summed E-state index contributed by atoms with van der Waals surface area (Å²) in [4.78, 5) is 9.64. The minimum absolute atomic E-state index is 0.103. The van der Waals surface area contributed by atoms with Gasteiger partial charge >= 0.3 is 0 Å². The minimum atomic E-state index is 0.103. The molecule has 1 fully saturated rings. The summed E-state index contributed by atoms with van der Waals surface area (Å²) in [6.45, 7) is 11.1. The molecule has 2 aromatic heterocycles. The lowest BCUT2D eigenvalue weighted by molar-refractivity contribution is 0.443. The number of pyridine rings is 2. The molecule has 0 aliphatic heterocycles. The molecule has 2 nitrogen and oxygen atoms in total. The predicted octanol–water partition coefficient (Wildman–Crippen LogP) is 14.6. The molecule has 0 N–H and O–H groups in total. The van der Waals surface area contributed by atoms with E-state index in [1.807, 2.05) is 12.4 Å². The molecule has 0 unspecified atom stereocenters. The van der Waals surface area contributed by atoms with Crippen LogP contribution in [0.25, 0.3) is 55.9 Å². The third-order valence-corrected chi connectivity index (χ3v) is 11.8. The highest BCUT2D eigenvalue weighted by Gasteiger charge is 2.17. The van der Waals surface area contributed by atoms with Crippen molar-refractivity contribution in [3.63, 3.8) is 0 Å². The minimum Gasteiger partial charge on any atom is -0.256 e. The summed E-state index contributed by atoms with van der Waals surface area (Å²) in [6.07, 6.45) is 12.8. The molecule has 0 bridgehead atoms. The Labute approximate surface area is 334 Å². The first-order valence-corrected chi connectivity index (χ1v) is 20.6. The summed E-state index contributed by atoms with van der Waals surface area (Å²) in [5.41, 5.74) is 19.9. The van der Waals surface area contributed by atoms with Crippen molar-refractivity contribution in [2.24, 2.45) is 0 Å². The molecular formula is C54H54N2. The van der Waals surface area contributed by atoms with Crippen molar-refractivity contribution in [1.29, 1.82) is 0 Å². The Bertz CT molecular complexity index is 2410. The molecule has 1 saturated carbocycles. The van der Waals surface area contributed by atoms with Gasteiger partial charge in [-0.25, -0.2) is 0 Å². The number of nitrogens with zero attached hydrogens (tertiary/aromatic N) is 2. The van der Waals surface area contributed by atoms with Crippen LogP contribution in [0.15, 0.2) is 146 Å². The van der Waals surface area contributed by atoms with Gasteiger partial charge in [0.2, 0.25) is 0 Å². The Morgan fingerprint density at radius 2 is 1.09 bits per heavy atom. The molecule has 0 spiro atoms. The second-order valence-corrected chi connectivity index (χ2v) is 17.1. The summed E-state index contributed by atoms with van der Waals surface area (Å²) >= 11 is 0. The maximum absolute atomic E-state index is 4.88. The molecule has 7 aromatic rings. The summed E-state index contributed by atoms with van der Waals surface area (Å²) < 4.78 is 0. The lowest BCUT2D eigenvalue weighted by Gasteiger charge is -2.22. The molecule has 0 radical (unpaired) electrons. The molecule has 2 heteroatoms. The standard InChI is InChI=1S/C54H54N2/c1-37-31-40(16-15-39-17-19-45(20-18-39)52-30-29-48(36-56-52)54(3,4)5)33-47(32-37)50-14-10-9-13-49(50)43-25-27-46(28-26-43)53-34-51(38(2)35-55-53)44-23-21-42(22-24-44)41-11-7-6-8-12-41/h9-10,13-14,17-36,41H,6-8,11-12,15-16H2,1-5H3. The van der Waals surface area contributed by atoms with Crippen molar-refractivity contribution in [3.8, 4) is 55.9 Å². The van der Waals surface area contributed by atoms with Crippen LogP contribution in [0.3, 0.4) is 0 Å². The van der Waals surface area contributed by atoms with E-state index < -0.39 is 0 Å². The average Bonchev–Trinajstić information content (AvgIpc) is 3.23. The normalized spacial score (nSPS) is 13.5. The second kappa shape index (κ2) is 16.2. The quantitative estimate of drug-likeness (QED) is 0.148. The van der Waals surface area contributed by atoms with E-state index in [-0.39, 0.29) is 5.41 Å². The number of hydrogen-bond acceptors (Lipinski definition) is 2. The van der Waals surface area contributed by atoms with Gasteiger partial charge in [-0.1, -0.05) is 167 Å². The second-order valence-electron chi connectivity index (χ2n) is 17.1. The van der Waals surface area contributed by atoms with Crippen molar-refractivity contribution in [2.45, 2.75) is 90.9 Å². The zero-order valence-corrected chi connectivity index (χ0v) is 33.8. The molecular weight excluding hydrogens is 677 g/mol. The van der Waals surface area contributed by atoms with Gasteiger partial charge in [-0.15, -0.1) is 0 Å². The van der Waals surface area contributed by atoms with E-state index in [0.29, 0.717) is 0 Å². The summed E-state index contributed by atoms with van der Waals surface area (Å²) in [5, 5.41) is 0. The molecule has 0 saturated heterocycles. The van der Waals surface area contributed by atoms with Gasteiger partial charge in [0.1, 0.15) is 0 Å². The summed E-state index contributed by atoms with van der Waals surface area (Å²) in [6, 6.07) is 49.7. The van der Waals surface area contributed by atoms with Crippen LogP contribution in [0, 0.1) is 13.8 Å². The molecule has 1 aliphatic rings. The summed E-state index contributed by atoms with van der Waals surface area (Å²) in [7, 11) is 0. The van der Waals surface area contributed by atoms with Crippen molar-refractivity contribution in [3.05, 3.63) is 179 Å². The monoisotopic (exact) mass is 730 g/mol. The average molecular weight is 731 g/mol. The zero-order chi connectivity index (χ0) is 38.6. The van der Waals surface area contributed by atoms with Crippen LogP contribution >= 0.6 is 0 Å². The topological polar surface area (TPSA) is 25.8 Å². The van der Waals surface area contributed by atoms with Gasteiger partial charge in [0.25, 0.3) is 0 Å². The van der Waals surface area contributed by atoms with Crippen LogP contribution < -0.4 is 0 Å². The van der Waals surface area contributed by atoms with Gasteiger partial charge in [-0.05, 0) is 124 Å². The number of rotatable bonds is 9. The van der Waals surface area contributed by atoms with Crippen LogP contribution in [-0.2, 0) is 18.3 Å². The largest absolute Gasteiger partial charge is 0.256 e. The number of aromatic nitrogens is 2. The molecule has 0 amide bonds. The number of hydrogen-bond donors (Lipinski definition) is 0. The molecule has 5 aromatic carbocycles. The predicted molar refractivity (Wildman–Crippen MR) is 237 cm³/mol. The highest BCUT2D eigenvalue weighted by atomic mass is 14.7. The fourth-order valence-corrected chi connectivity index (χ4v) is 8.47. The Kier molecular flexibility index (Phi) is 10.8. The molecule has 2 heterocycles. The van der Waals surface area contributed by atoms with Crippen LogP contribution in [0.1, 0.15) is 92.2 Å². The molecule has 280 valence electrons. The first-order chi connectivity index (χ1) is 27.2. The Morgan fingerprint density at radius 3 is 1.77 bits per heavy atom. The lowest BCUT2D eigenvalue weighted by Crippen LogP contribution is -2.11. The van der Waals surface area contributed by atoms with E-state index in [1.165, 1.54) is 98.9 Å².